The summed E-state index contributed by atoms with van der Waals surface area (Å²) >= 11 is 0. The molecule has 74 valence electrons. The lowest BCUT2D eigenvalue weighted by molar-refractivity contribution is -0.168. The Labute approximate surface area is 79.6 Å². The van der Waals surface area contributed by atoms with Crippen LogP contribution >= 0.6 is 0 Å². The van der Waals surface area contributed by atoms with E-state index in [0.717, 1.165) is 12.8 Å². The minimum Gasteiger partial charge on any atom is -0.344 e. The Bertz CT molecular complexity index is 180. The van der Waals surface area contributed by atoms with Gasteiger partial charge < -0.3 is 9.47 Å². The highest BCUT2D eigenvalue weighted by Gasteiger charge is 2.49. The van der Waals surface area contributed by atoms with E-state index in [9.17, 15) is 0 Å². The van der Waals surface area contributed by atoms with Gasteiger partial charge in [0.1, 0.15) is 0 Å². The lowest BCUT2D eigenvalue weighted by Gasteiger charge is -2.21. The highest BCUT2D eigenvalue weighted by atomic mass is 16.8. The van der Waals surface area contributed by atoms with E-state index in [1.807, 2.05) is 0 Å². The summed E-state index contributed by atoms with van der Waals surface area (Å²) in [6.07, 6.45) is 10.9. The molecule has 1 saturated heterocycles. The Morgan fingerprint density at radius 3 is 1.85 bits per heavy atom. The van der Waals surface area contributed by atoms with Gasteiger partial charge in [0.15, 0.2) is 5.79 Å². The maximum Gasteiger partial charge on any atom is 0.169 e. The molecular formula is C11H18O2. The summed E-state index contributed by atoms with van der Waals surface area (Å²) in [4.78, 5) is 0. The van der Waals surface area contributed by atoms with Crippen molar-refractivity contribution in [1.82, 2.24) is 0 Å². The average molecular weight is 182 g/mol. The van der Waals surface area contributed by atoms with E-state index in [0.29, 0.717) is 12.2 Å². The fraction of sp³-hybridized carbons (Fsp3) is 1.00. The Balaban J connectivity index is 1.74. The Morgan fingerprint density at radius 2 is 1.31 bits per heavy atom. The molecule has 3 aliphatic rings. The number of ether oxygens (including phenoxy) is 2. The van der Waals surface area contributed by atoms with Gasteiger partial charge in [-0.3, -0.25) is 0 Å². The molecule has 2 atom stereocenters. The molecule has 0 amide bonds. The zero-order valence-electron chi connectivity index (χ0n) is 8.13. The van der Waals surface area contributed by atoms with E-state index in [4.69, 9.17) is 9.47 Å². The van der Waals surface area contributed by atoms with Crippen LogP contribution < -0.4 is 0 Å². The third-order valence-corrected chi connectivity index (χ3v) is 3.74. The molecule has 13 heavy (non-hydrogen) atoms. The van der Waals surface area contributed by atoms with Gasteiger partial charge in [-0.15, -0.1) is 0 Å². The molecule has 0 aromatic heterocycles. The number of hydrogen-bond acceptors (Lipinski definition) is 2. The second-order valence-electron chi connectivity index (χ2n) is 4.71. The maximum atomic E-state index is 6.09. The smallest absolute Gasteiger partial charge is 0.169 e. The van der Waals surface area contributed by atoms with Crippen molar-refractivity contribution in [3.63, 3.8) is 0 Å². The van der Waals surface area contributed by atoms with Crippen molar-refractivity contribution in [3.05, 3.63) is 0 Å². The fourth-order valence-electron chi connectivity index (χ4n) is 3.06. The standard InChI is InChI=1S/C11H18O2/c1-2-6-10-9(5-1)12-11(13-10)7-3-4-8-11/h9-10H,1-8H2. The van der Waals surface area contributed by atoms with Crippen LogP contribution in [0.15, 0.2) is 0 Å². The molecular weight excluding hydrogens is 164 g/mol. The number of rotatable bonds is 0. The van der Waals surface area contributed by atoms with Crippen molar-refractivity contribution in [2.24, 2.45) is 0 Å². The van der Waals surface area contributed by atoms with E-state index >= 15 is 0 Å². The van der Waals surface area contributed by atoms with E-state index in [-0.39, 0.29) is 5.79 Å². The molecule has 1 aliphatic heterocycles. The van der Waals surface area contributed by atoms with Gasteiger partial charge in [-0.05, 0) is 25.7 Å². The first-order valence-corrected chi connectivity index (χ1v) is 5.74. The summed E-state index contributed by atoms with van der Waals surface area (Å²) in [5.41, 5.74) is 0. The van der Waals surface area contributed by atoms with Crippen LogP contribution in [0.3, 0.4) is 0 Å². The topological polar surface area (TPSA) is 18.5 Å². The molecule has 0 radical (unpaired) electrons. The minimum atomic E-state index is -0.125. The van der Waals surface area contributed by atoms with Crippen LogP contribution in [0.4, 0.5) is 0 Å². The zero-order chi connectivity index (χ0) is 8.73. The van der Waals surface area contributed by atoms with Crippen LogP contribution in [0.1, 0.15) is 51.4 Å². The van der Waals surface area contributed by atoms with Crippen LogP contribution in [-0.2, 0) is 9.47 Å². The van der Waals surface area contributed by atoms with Crippen molar-refractivity contribution < 1.29 is 9.47 Å². The van der Waals surface area contributed by atoms with Crippen molar-refractivity contribution in [3.8, 4) is 0 Å². The van der Waals surface area contributed by atoms with E-state index < -0.39 is 0 Å². The molecule has 2 nitrogen and oxygen atoms in total. The van der Waals surface area contributed by atoms with Crippen LogP contribution in [0, 0.1) is 0 Å². The lowest BCUT2D eigenvalue weighted by atomic mass is 9.95. The first kappa shape index (κ1) is 8.25. The van der Waals surface area contributed by atoms with Gasteiger partial charge in [0.25, 0.3) is 0 Å². The lowest BCUT2D eigenvalue weighted by Crippen LogP contribution is -2.26. The zero-order valence-corrected chi connectivity index (χ0v) is 8.13. The summed E-state index contributed by atoms with van der Waals surface area (Å²) in [5.74, 6) is -0.125. The maximum absolute atomic E-state index is 6.09. The predicted octanol–water partition coefficient (Wildman–Crippen LogP) is 2.61. The number of fused-ring (bicyclic) bond motifs is 1. The summed E-state index contributed by atoms with van der Waals surface area (Å²) in [6.45, 7) is 0. The molecule has 0 N–H and O–H groups in total. The molecule has 2 saturated carbocycles. The second kappa shape index (κ2) is 2.96. The summed E-state index contributed by atoms with van der Waals surface area (Å²) in [7, 11) is 0. The number of hydrogen-bond donors (Lipinski definition) is 0. The van der Waals surface area contributed by atoms with Gasteiger partial charge in [-0.25, -0.2) is 0 Å². The molecule has 3 rings (SSSR count). The third kappa shape index (κ3) is 1.31. The van der Waals surface area contributed by atoms with E-state index in [1.165, 1.54) is 38.5 Å². The minimum absolute atomic E-state index is 0.125. The molecule has 0 aromatic carbocycles. The normalized spacial score (nSPS) is 42.5. The highest BCUT2D eigenvalue weighted by Crippen LogP contribution is 2.45. The van der Waals surface area contributed by atoms with Gasteiger partial charge in [0.05, 0.1) is 12.2 Å². The SMILES string of the molecule is C1CCC2OC3(CCCC3)OC2C1. The molecule has 0 aromatic rings. The Morgan fingerprint density at radius 1 is 0.769 bits per heavy atom. The molecule has 3 fully saturated rings. The van der Waals surface area contributed by atoms with Crippen molar-refractivity contribution in [2.75, 3.05) is 0 Å². The molecule has 2 unspecified atom stereocenters. The van der Waals surface area contributed by atoms with Crippen LogP contribution in [0.5, 0.6) is 0 Å². The third-order valence-electron chi connectivity index (χ3n) is 3.74. The van der Waals surface area contributed by atoms with E-state index in [1.54, 1.807) is 0 Å². The molecule has 2 heteroatoms. The van der Waals surface area contributed by atoms with Gasteiger partial charge in [-0.2, -0.15) is 0 Å². The molecule has 0 bridgehead atoms. The van der Waals surface area contributed by atoms with Crippen LogP contribution in [-0.4, -0.2) is 18.0 Å². The van der Waals surface area contributed by atoms with Crippen LogP contribution in [0.2, 0.25) is 0 Å². The summed E-state index contributed by atoms with van der Waals surface area (Å²) < 4.78 is 12.2. The average Bonchev–Trinajstić information content (AvgIpc) is 2.72. The van der Waals surface area contributed by atoms with Crippen LogP contribution in [0.25, 0.3) is 0 Å². The summed E-state index contributed by atoms with van der Waals surface area (Å²) in [6, 6.07) is 0. The van der Waals surface area contributed by atoms with Gasteiger partial charge in [-0.1, -0.05) is 12.8 Å². The van der Waals surface area contributed by atoms with Gasteiger partial charge in [0.2, 0.25) is 0 Å². The monoisotopic (exact) mass is 182 g/mol. The van der Waals surface area contributed by atoms with Crippen molar-refractivity contribution in [2.45, 2.75) is 69.4 Å². The quantitative estimate of drug-likeness (QED) is 0.573. The Hall–Kier alpha value is -0.0800. The van der Waals surface area contributed by atoms with Gasteiger partial charge >= 0.3 is 0 Å². The molecule has 1 heterocycles. The van der Waals surface area contributed by atoms with Gasteiger partial charge in [0, 0.05) is 12.8 Å². The largest absolute Gasteiger partial charge is 0.344 e. The molecule has 1 spiro atoms. The predicted molar refractivity (Wildman–Crippen MR) is 49.4 cm³/mol. The summed E-state index contributed by atoms with van der Waals surface area (Å²) in [5, 5.41) is 0. The first-order chi connectivity index (χ1) is 6.38. The Kier molecular flexibility index (Phi) is 1.88. The van der Waals surface area contributed by atoms with Crippen molar-refractivity contribution in [1.29, 1.82) is 0 Å². The molecule has 2 aliphatic carbocycles. The van der Waals surface area contributed by atoms with E-state index in [2.05, 4.69) is 0 Å². The van der Waals surface area contributed by atoms with Crippen molar-refractivity contribution >= 4 is 0 Å². The fourth-order valence-corrected chi connectivity index (χ4v) is 3.06. The second-order valence-corrected chi connectivity index (χ2v) is 4.71. The first-order valence-electron chi connectivity index (χ1n) is 5.74. The highest BCUT2D eigenvalue weighted by molar-refractivity contribution is 4.91.